The maximum atomic E-state index is 13.3. The number of aliphatic hydroxyl groups is 2. The van der Waals surface area contributed by atoms with Gasteiger partial charge in [-0.15, -0.1) is 11.3 Å². The number of amides is 1. The van der Waals surface area contributed by atoms with Gasteiger partial charge in [-0.1, -0.05) is 0 Å². The van der Waals surface area contributed by atoms with Gasteiger partial charge in [0.25, 0.3) is 0 Å². The van der Waals surface area contributed by atoms with Gasteiger partial charge in [0, 0.05) is 36.0 Å². The topological polar surface area (TPSA) is 180 Å². The lowest BCUT2D eigenvalue weighted by Crippen LogP contribution is -2.57. The predicted molar refractivity (Wildman–Crippen MR) is 132 cm³/mol. The molecule has 1 aliphatic heterocycles. The summed E-state index contributed by atoms with van der Waals surface area (Å²) in [5.41, 5.74) is -3.60. The van der Waals surface area contributed by atoms with Crippen molar-refractivity contribution in [1.82, 2.24) is 5.32 Å². The molecule has 0 unspecified atom stereocenters. The molecule has 15 heteroatoms. The van der Waals surface area contributed by atoms with E-state index in [1.807, 2.05) is 0 Å². The van der Waals surface area contributed by atoms with Crippen LogP contribution in [0, 0.1) is 0 Å². The summed E-state index contributed by atoms with van der Waals surface area (Å²) >= 11 is 0.956. The fraction of sp³-hybridized carbons (Fsp3) is 0.462. The number of alkyl halides is 3. The van der Waals surface area contributed by atoms with E-state index < -0.39 is 108 Å². The number of carbonyl (C=O) groups excluding carboxylic acids is 4. The van der Waals surface area contributed by atoms with E-state index in [-0.39, 0.29) is 21.6 Å². The second kappa shape index (κ2) is 9.87. The van der Waals surface area contributed by atoms with Gasteiger partial charge in [-0.25, -0.2) is 0 Å². The Kier molecular flexibility index (Phi) is 7.02. The van der Waals surface area contributed by atoms with E-state index in [0.29, 0.717) is 0 Å². The number of thiophene rings is 1. The minimum atomic E-state index is -5.23. The van der Waals surface area contributed by atoms with Gasteiger partial charge in [0.05, 0.1) is 34.3 Å². The molecule has 2 aliphatic carbocycles. The highest BCUT2D eigenvalue weighted by molar-refractivity contribution is 7.12. The fourth-order valence-corrected chi connectivity index (χ4v) is 6.38. The summed E-state index contributed by atoms with van der Waals surface area (Å²) in [6.45, 7) is 2.39. The third-order valence-corrected chi connectivity index (χ3v) is 8.64. The average Bonchev–Trinajstić information content (AvgIpc) is 3.37. The number of hydrogen-bond acceptors (Lipinski definition) is 11. The maximum absolute atomic E-state index is 13.3. The second-order valence-electron chi connectivity index (χ2n) is 10.3. The highest BCUT2D eigenvalue weighted by atomic mass is 32.1. The number of phenols is 2. The number of aromatic hydroxyl groups is 2. The van der Waals surface area contributed by atoms with E-state index in [1.165, 1.54) is 18.4 Å². The Morgan fingerprint density at radius 2 is 1.83 bits per heavy atom. The molecule has 1 aromatic carbocycles. The standard InChI is InChI=1S/C26H24F3NO10S/c1-8-18(32)12(30-24(37)26(27,28)29)5-14(39-8)40-13-7-25(38,9(2)31)6-11-15(13)21(35)17-16(20(11)34)19(33)10-3-4-41-23(10)22(17)36/h3-4,8,12-14,18,32,34-35,38H,5-7H2,1-2H3,(H,30,37)/t8-,12-,13-,14-,18+,25-/m0/s1. The van der Waals surface area contributed by atoms with Crippen LogP contribution in [0.1, 0.15) is 75.1 Å². The minimum absolute atomic E-state index is 0.0164. The van der Waals surface area contributed by atoms with Gasteiger partial charge in [-0.05, 0) is 25.3 Å². The van der Waals surface area contributed by atoms with E-state index in [1.54, 1.807) is 5.32 Å². The number of hydrogen-bond donors (Lipinski definition) is 5. The van der Waals surface area contributed by atoms with Crippen molar-refractivity contribution in [3.8, 4) is 11.5 Å². The van der Waals surface area contributed by atoms with E-state index in [4.69, 9.17) is 9.47 Å². The van der Waals surface area contributed by atoms with Crippen molar-refractivity contribution in [1.29, 1.82) is 0 Å². The van der Waals surface area contributed by atoms with Crippen molar-refractivity contribution in [3.63, 3.8) is 0 Å². The minimum Gasteiger partial charge on any atom is -0.507 e. The van der Waals surface area contributed by atoms with Crippen LogP contribution in [0.2, 0.25) is 0 Å². The number of carbonyl (C=O) groups is 4. The number of rotatable bonds is 4. The van der Waals surface area contributed by atoms with Crippen molar-refractivity contribution >= 4 is 34.6 Å². The molecule has 1 aromatic heterocycles. The van der Waals surface area contributed by atoms with Gasteiger partial charge in [0.1, 0.15) is 23.2 Å². The van der Waals surface area contributed by atoms with Crippen LogP contribution >= 0.6 is 11.3 Å². The Morgan fingerprint density at radius 1 is 1.17 bits per heavy atom. The maximum Gasteiger partial charge on any atom is 0.471 e. The molecule has 5 N–H and O–H groups in total. The Morgan fingerprint density at radius 3 is 2.46 bits per heavy atom. The van der Waals surface area contributed by atoms with Crippen LogP contribution in [0.25, 0.3) is 0 Å². The van der Waals surface area contributed by atoms with Crippen molar-refractivity contribution in [3.05, 3.63) is 44.1 Å². The van der Waals surface area contributed by atoms with Crippen LogP contribution in [-0.2, 0) is 25.5 Å². The summed E-state index contributed by atoms with van der Waals surface area (Å²) in [5, 5.41) is 47.2. The molecule has 1 saturated heterocycles. The number of ketones is 3. The number of nitrogens with one attached hydrogen (secondary N) is 1. The predicted octanol–water partition coefficient (Wildman–Crippen LogP) is 1.80. The van der Waals surface area contributed by atoms with Gasteiger partial charge in [-0.3, -0.25) is 19.2 Å². The lowest BCUT2D eigenvalue weighted by atomic mass is 9.73. The largest absolute Gasteiger partial charge is 0.507 e. The molecule has 0 spiro atoms. The molecule has 220 valence electrons. The Bertz CT molecular complexity index is 1490. The van der Waals surface area contributed by atoms with Gasteiger partial charge in [0.2, 0.25) is 5.78 Å². The Balaban J connectivity index is 1.56. The number of ether oxygens (including phenoxy) is 2. The van der Waals surface area contributed by atoms with Crippen molar-refractivity contribution < 1.29 is 62.2 Å². The Labute approximate surface area is 233 Å². The monoisotopic (exact) mass is 599 g/mol. The summed E-state index contributed by atoms with van der Waals surface area (Å²) in [6, 6.07) is -0.0874. The zero-order valence-electron chi connectivity index (χ0n) is 21.4. The molecule has 1 fully saturated rings. The molecule has 0 bridgehead atoms. The van der Waals surface area contributed by atoms with Crippen molar-refractivity contribution in [2.45, 2.75) is 75.5 Å². The molecule has 6 atom stereocenters. The van der Waals surface area contributed by atoms with E-state index in [9.17, 15) is 52.8 Å². The molecule has 5 rings (SSSR count). The molecule has 41 heavy (non-hydrogen) atoms. The Hall–Kier alpha value is -3.37. The number of fused-ring (bicyclic) bond motifs is 3. The van der Waals surface area contributed by atoms with Crippen LogP contribution in [0.15, 0.2) is 11.4 Å². The molecule has 11 nitrogen and oxygen atoms in total. The zero-order chi connectivity index (χ0) is 30.2. The molecule has 2 heterocycles. The van der Waals surface area contributed by atoms with Crippen molar-refractivity contribution in [2.24, 2.45) is 0 Å². The molecular formula is C26H24F3NO10S. The number of phenolic OH excluding ortho intramolecular Hbond substituents is 2. The summed E-state index contributed by atoms with van der Waals surface area (Å²) in [6.07, 6.45) is -12.4. The molecule has 1 amide bonds. The van der Waals surface area contributed by atoms with Gasteiger partial charge < -0.3 is 35.2 Å². The van der Waals surface area contributed by atoms with Gasteiger partial charge in [0.15, 0.2) is 17.9 Å². The summed E-state index contributed by atoms with van der Waals surface area (Å²) in [7, 11) is 0. The van der Waals surface area contributed by atoms with Crippen LogP contribution < -0.4 is 5.32 Å². The number of aliphatic hydroxyl groups excluding tert-OH is 1. The quantitative estimate of drug-likeness (QED) is 0.278. The summed E-state index contributed by atoms with van der Waals surface area (Å²) in [5.74, 6) is -6.01. The van der Waals surface area contributed by atoms with Gasteiger partial charge >= 0.3 is 12.1 Å². The van der Waals surface area contributed by atoms with E-state index in [2.05, 4.69) is 0 Å². The number of benzene rings is 1. The molecule has 2 aromatic rings. The van der Waals surface area contributed by atoms with Crippen LogP contribution in [0.4, 0.5) is 13.2 Å². The first-order valence-electron chi connectivity index (χ1n) is 12.4. The van der Waals surface area contributed by atoms with E-state index in [0.717, 1.165) is 18.3 Å². The highest BCUT2D eigenvalue weighted by Gasteiger charge is 2.50. The van der Waals surface area contributed by atoms with E-state index >= 15 is 0 Å². The first kappa shape index (κ1) is 29.1. The molecular weight excluding hydrogens is 575 g/mol. The molecule has 0 radical (unpaired) electrons. The second-order valence-corrected chi connectivity index (χ2v) is 11.2. The first-order chi connectivity index (χ1) is 19.0. The van der Waals surface area contributed by atoms with Crippen LogP contribution in [0.5, 0.6) is 11.5 Å². The lowest BCUT2D eigenvalue weighted by Gasteiger charge is -2.42. The molecule has 3 aliphatic rings. The number of Topliss-reactive ketones (excluding diaryl/α,β-unsaturated/α-hetero) is 1. The van der Waals surface area contributed by atoms with Gasteiger partial charge in [-0.2, -0.15) is 13.2 Å². The average molecular weight is 600 g/mol. The zero-order valence-corrected chi connectivity index (χ0v) is 22.3. The van der Waals surface area contributed by atoms with Crippen LogP contribution in [-0.4, -0.2) is 80.0 Å². The SMILES string of the molecule is CC(=O)[C@]1(O)Cc2c(O)c3c(c(O)c2[C@@H](O[C@H]2C[C@H](NC(=O)C(F)(F)F)[C@H](O)[C@H](C)O2)C1)C(=O)c1sccc1C3=O. The number of halogens is 3. The fourth-order valence-electron chi connectivity index (χ4n) is 5.55. The summed E-state index contributed by atoms with van der Waals surface area (Å²) < 4.78 is 50.1. The third-order valence-electron chi connectivity index (χ3n) is 7.73. The van der Waals surface area contributed by atoms with Crippen molar-refractivity contribution in [2.75, 3.05) is 0 Å². The lowest BCUT2D eigenvalue weighted by molar-refractivity contribution is -0.250. The van der Waals surface area contributed by atoms with Crippen LogP contribution in [0.3, 0.4) is 0 Å². The molecule has 0 saturated carbocycles. The normalized spacial score (nSPS) is 29.4. The smallest absolute Gasteiger partial charge is 0.471 e. The highest BCUT2D eigenvalue weighted by Crippen LogP contribution is 2.52. The third kappa shape index (κ3) is 4.70. The summed E-state index contributed by atoms with van der Waals surface area (Å²) in [4.78, 5) is 50.5. The first-order valence-corrected chi connectivity index (χ1v) is 13.3.